The number of rotatable bonds is 3. The average molecular weight is 282 g/mol. The summed E-state index contributed by atoms with van der Waals surface area (Å²) < 4.78 is 5.53. The standard InChI is InChI=1S/C13H9Cl2NO2/c1-8(17)10-3-2-6-16-13(10)18-12-7-9(14)4-5-11(12)15/h2-7H,1H3. The third-order valence-electron chi connectivity index (χ3n) is 2.25. The Labute approximate surface area is 114 Å². The summed E-state index contributed by atoms with van der Waals surface area (Å²) in [5.74, 6) is 0.454. The van der Waals surface area contributed by atoms with Crippen LogP contribution in [0.3, 0.4) is 0 Å². The molecule has 0 aliphatic rings. The molecule has 0 saturated heterocycles. The Morgan fingerprint density at radius 2 is 2.06 bits per heavy atom. The summed E-state index contributed by atoms with van der Waals surface area (Å²) in [6.45, 7) is 1.45. The minimum absolute atomic E-state index is 0.128. The molecule has 0 amide bonds. The van der Waals surface area contributed by atoms with E-state index in [9.17, 15) is 4.79 Å². The van der Waals surface area contributed by atoms with Crippen molar-refractivity contribution in [1.29, 1.82) is 0 Å². The number of carbonyl (C=O) groups is 1. The monoisotopic (exact) mass is 281 g/mol. The predicted molar refractivity (Wildman–Crippen MR) is 70.8 cm³/mol. The number of ether oxygens (including phenoxy) is 1. The van der Waals surface area contributed by atoms with E-state index in [1.54, 1.807) is 36.5 Å². The Hall–Kier alpha value is -1.58. The number of hydrogen-bond donors (Lipinski definition) is 0. The topological polar surface area (TPSA) is 39.2 Å². The van der Waals surface area contributed by atoms with E-state index in [1.165, 1.54) is 6.92 Å². The highest BCUT2D eigenvalue weighted by Gasteiger charge is 2.12. The highest BCUT2D eigenvalue weighted by molar-refractivity contribution is 6.34. The van der Waals surface area contributed by atoms with Crippen LogP contribution in [-0.2, 0) is 0 Å². The summed E-state index contributed by atoms with van der Waals surface area (Å²) >= 11 is 11.8. The molecule has 0 atom stereocenters. The van der Waals surface area contributed by atoms with Gasteiger partial charge in [-0.05, 0) is 31.2 Å². The van der Waals surface area contributed by atoms with Crippen LogP contribution in [0.1, 0.15) is 17.3 Å². The molecule has 0 radical (unpaired) electrons. The number of nitrogens with zero attached hydrogens (tertiary/aromatic N) is 1. The lowest BCUT2D eigenvalue weighted by Gasteiger charge is -2.09. The van der Waals surface area contributed by atoms with Crippen molar-refractivity contribution in [1.82, 2.24) is 4.98 Å². The van der Waals surface area contributed by atoms with Gasteiger partial charge in [0.05, 0.1) is 10.6 Å². The third kappa shape index (κ3) is 2.81. The van der Waals surface area contributed by atoms with Gasteiger partial charge in [-0.1, -0.05) is 23.2 Å². The van der Waals surface area contributed by atoms with E-state index in [4.69, 9.17) is 27.9 Å². The van der Waals surface area contributed by atoms with E-state index in [-0.39, 0.29) is 11.7 Å². The highest BCUT2D eigenvalue weighted by atomic mass is 35.5. The maximum atomic E-state index is 11.4. The van der Waals surface area contributed by atoms with Crippen molar-refractivity contribution in [3.8, 4) is 11.6 Å². The van der Waals surface area contributed by atoms with Crippen LogP contribution >= 0.6 is 23.2 Å². The summed E-state index contributed by atoms with van der Waals surface area (Å²) in [6.07, 6.45) is 1.54. The second-order valence-corrected chi connectivity index (χ2v) is 4.43. The third-order valence-corrected chi connectivity index (χ3v) is 2.80. The zero-order valence-electron chi connectivity index (χ0n) is 9.48. The van der Waals surface area contributed by atoms with E-state index in [2.05, 4.69) is 4.98 Å². The lowest BCUT2D eigenvalue weighted by atomic mass is 10.2. The summed E-state index contributed by atoms with van der Waals surface area (Å²) in [5.41, 5.74) is 0.397. The van der Waals surface area contributed by atoms with Gasteiger partial charge in [0.25, 0.3) is 0 Å². The fourth-order valence-corrected chi connectivity index (χ4v) is 1.72. The van der Waals surface area contributed by atoms with Crippen molar-refractivity contribution in [2.75, 3.05) is 0 Å². The van der Waals surface area contributed by atoms with E-state index in [0.717, 1.165) is 0 Å². The van der Waals surface area contributed by atoms with Gasteiger partial charge in [0.1, 0.15) is 5.75 Å². The van der Waals surface area contributed by atoms with Crippen LogP contribution in [0, 0.1) is 0 Å². The average Bonchev–Trinajstić information content (AvgIpc) is 2.34. The summed E-state index contributed by atoms with van der Waals surface area (Å²) in [4.78, 5) is 15.5. The second kappa shape index (κ2) is 5.38. The maximum Gasteiger partial charge on any atom is 0.230 e. The minimum Gasteiger partial charge on any atom is -0.437 e. The summed E-state index contributed by atoms with van der Waals surface area (Å²) in [7, 11) is 0. The van der Waals surface area contributed by atoms with Crippen LogP contribution in [0.5, 0.6) is 11.6 Å². The molecule has 0 aliphatic heterocycles. The number of pyridine rings is 1. The molecule has 18 heavy (non-hydrogen) atoms. The molecular weight excluding hydrogens is 273 g/mol. The molecule has 0 fully saturated rings. The first kappa shape index (κ1) is 12.9. The smallest absolute Gasteiger partial charge is 0.230 e. The fourth-order valence-electron chi connectivity index (χ4n) is 1.40. The number of carbonyl (C=O) groups excluding carboxylic acids is 1. The van der Waals surface area contributed by atoms with Gasteiger partial charge in [-0.25, -0.2) is 4.98 Å². The fraction of sp³-hybridized carbons (Fsp3) is 0.0769. The first-order valence-corrected chi connectivity index (χ1v) is 5.92. The van der Waals surface area contributed by atoms with E-state index in [0.29, 0.717) is 21.4 Å². The van der Waals surface area contributed by atoms with Crippen molar-refractivity contribution in [3.05, 3.63) is 52.1 Å². The number of hydrogen-bond acceptors (Lipinski definition) is 3. The van der Waals surface area contributed by atoms with Crippen LogP contribution < -0.4 is 4.74 Å². The molecule has 0 saturated carbocycles. The molecule has 2 aromatic rings. The molecule has 2 rings (SSSR count). The molecule has 0 aliphatic carbocycles. The van der Waals surface area contributed by atoms with Crippen LogP contribution in [-0.4, -0.2) is 10.8 Å². The molecule has 0 bridgehead atoms. The van der Waals surface area contributed by atoms with Gasteiger partial charge in [-0.2, -0.15) is 0 Å². The molecular formula is C13H9Cl2NO2. The van der Waals surface area contributed by atoms with Crippen molar-refractivity contribution in [2.45, 2.75) is 6.92 Å². The van der Waals surface area contributed by atoms with Gasteiger partial charge in [0.2, 0.25) is 5.88 Å². The number of ketones is 1. The first-order chi connectivity index (χ1) is 8.58. The molecule has 0 spiro atoms. The SMILES string of the molecule is CC(=O)c1cccnc1Oc1cc(Cl)ccc1Cl. The van der Waals surface area contributed by atoms with Crippen LogP contribution in [0.15, 0.2) is 36.5 Å². The van der Waals surface area contributed by atoms with Crippen molar-refractivity contribution in [3.63, 3.8) is 0 Å². The molecule has 1 aromatic heterocycles. The van der Waals surface area contributed by atoms with Gasteiger partial charge in [-0.3, -0.25) is 4.79 Å². The minimum atomic E-state index is -0.128. The number of halogens is 2. The van der Waals surface area contributed by atoms with Gasteiger partial charge < -0.3 is 4.74 Å². The zero-order chi connectivity index (χ0) is 13.1. The lowest BCUT2D eigenvalue weighted by molar-refractivity contribution is 0.101. The van der Waals surface area contributed by atoms with Crippen LogP contribution in [0.4, 0.5) is 0 Å². The van der Waals surface area contributed by atoms with Gasteiger partial charge in [0, 0.05) is 17.3 Å². The normalized spacial score (nSPS) is 10.2. The lowest BCUT2D eigenvalue weighted by Crippen LogP contribution is -1.99. The Kier molecular flexibility index (Phi) is 3.84. The van der Waals surface area contributed by atoms with Gasteiger partial charge in [-0.15, -0.1) is 0 Å². The molecule has 0 unspecified atom stereocenters. The quantitative estimate of drug-likeness (QED) is 0.784. The summed E-state index contributed by atoms with van der Waals surface area (Å²) in [5, 5.41) is 0.897. The Morgan fingerprint density at radius 1 is 1.28 bits per heavy atom. The van der Waals surface area contributed by atoms with E-state index in [1.807, 2.05) is 0 Å². The summed E-state index contributed by atoms with van der Waals surface area (Å²) in [6, 6.07) is 8.16. The number of benzene rings is 1. The maximum absolute atomic E-state index is 11.4. The molecule has 5 heteroatoms. The largest absolute Gasteiger partial charge is 0.437 e. The Bertz CT molecular complexity index is 599. The van der Waals surface area contributed by atoms with Crippen LogP contribution in [0.25, 0.3) is 0 Å². The molecule has 1 heterocycles. The molecule has 92 valence electrons. The zero-order valence-corrected chi connectivity index (χ0v) is 11.0. The number of Topliss-reactive ketones (excluding diaryl/α,β-unsaturated/α-hetero) is 1. The van der Waals surface area contributed by atoms with E-state index >= 15 is 0 Å². The Balaban J connectivity index is 2.40. The van der Waals surface area contributed by atoms with Gasteiger partial charge >= 0.3 is 0 Å². The van der Waals surface area contributed by atoms with Crippen LogP contribution in [0.2, 0.25) is 10.0 Å². The highest BCUT2D eigenvalue weighted by Crippen LogP contribution is 2.32. The first-order valence-electron chi connectivity index (χ1n) is 5.17. The molecule has 3 nitrogen and oxygen atoms in total. The van der Waals surface area contributed by atoms with E-state index < -0.39 is 0 Å². The van der Waals surface area contributed by atoms with Crippen molar-refractivity contribution < 1.29 is 9.53 Å². The van der Waals surface area contributed by atoms with Crippen molar-refractivity contribution >= 4 is 29.0 Å². The molecule has 0 N–H and O–H groups in total. The van der Waals surface area contributed by atoms with Gasteiger partial charge in [0.15, 0.2) is 5.78 Å². The Morgan fingerprint density at radius 3 is 2.78 bits per heavy atom. The molecule has 1 aromatic carbocycles. The van der Waals surface area contributed by atoms with Crippen molar-refractivity contribution in [2.24, 2.45) is 0 Å². The number of aromatic nitrogens is 1. The predicted octanol–water partition coefficient (Wildman–Crippen LogP) is 4.38. The second-order valence-electron chi connectivity index (χ2n) is 3.59.